The highest BCUT2D eigenvalue weighted by molar-refractivity contribution is 8.00. The van der Waals surface area contributed by atoms with Gasteiger partial charge in [-0.2, -0.15) is 13.2 Å². The molecule has 0 fully saturated rings. The van der Waals surface area contributed by atoms with Gasteiger partial charge in [0.2, 0.25) is 0 Å². The van der Waals surface area contributed by atoms with Gasteiger partial charge in [-0.25, -0.2) is 0 Å². The summed E-state index contributed by atoms with van der Waals surface area (Å²) in [4.78, 5) is 0. The second-order valence-corrected chi connectivity index (χ2v) is 5.40. The summed E-state index contributed by atoms with van der Waals surface area (Å²) in [5.74, 6) is 0.566. The van der Waals surface area contributed by atoms with Crippen LogP contribution in [0.5, 0.6) is 5.75 Å². The third-order valence-corrected chi connectivity index (χ3v) is 3.25. The minimum absolute atomic E-state index is 0.0437. The number of halogens is 3. The number of thioether (sulfide) groups is 1. The molecule has 108 valence electrons. The van der Waals surface area contributed by atoms with E-state index in [-0.39, 0.29) is 24.1 Å². The van der Waals surface area contributed by atoms with E-state index in [0.29, 0.717) is 12.3 Å². The lowest BCUT2D eigenvalue weighted by Gasteiger charge is -2.14. The van der Waals surface area contributed by atoms with Gasteiger partial charge in [-0.15, -0.1) is 0 Å². The molecule has 0 saturated heterocycles. The number of aryl methyl sites for hydroxylation is 2. The Hall–Kier alpha value is -0.880. The Bertz CT molecular complexity index is 398. The van der Waals surface area contributed by atoms with Gasteiger partial charge in [0, 0.05) is 5.75 Å². The van der Waals surface area contributed by atoms with Crippen LogP contribution in [0.15, 0.2) is 12.1 Å². The molecule has 1 aromatic rings. The molecule has 0 aromatic heterocycles. The van der Waals surface area contributed by atoms with Crippen molar-refractivity contribution < 1.29 is 17.9 Å². The largest absolute Gasteiger partial charge is 0.492 e. The Balaban J connectivity index is 2.59. The van der Waals surface area contributed by atoms with Crippen molar-refractivity contribution in [2.45, 2.75) is 25.8 Å². The van der Waals surface area contributed by atoms with Gasteiger partial charge in [-0.3, -0.25) is 0 Å². The normalized spacial score (nSPS) is 11.7. The molecule has 1 aromatic carbocycles. The van der Waals surface area contributed by atoms with Gasteiger partial charge in [0.1, 0.15) is 5.75 Å². The average molecular weight is 293 g/mol. The van der Waals surface area contributed by atoms with Crippen molar-refractivity contribution >= 4 is 11.8 Å². The predicted molar refractivity (Wildman–Crippen MR) is 72.7 cm³/mol. The van der Waals surface area contributed by atoms with Gasteiger partial charge in [0.15, 0.2) is 0 Å². The second-order valence-electron chi connectivity index (χ2n) is 4.24. The Labute approximate surface area is 115 Å². The van der Waals surface area contributed by atoms with Crippen molar-refractivity contribution in [3.05, 3.63) is 28.8 Å². The van der Waals surface area contributed by atoms with Crippen LogP contribution < -0.4 is 10.5 Å². The molecule has 0 aliphatic heterocycles. The standard InChI is InChI=1S/C13H18F3NOS/c1-9-7-11(3-4-17)8-10(2)12(9)18-5-6-19-13(14,15)16/h7-8H,3-6,17H2,1-2H3. The number of rotatable bonds is 6. The van der Waals surface area contributed by atoms with Crippen molar-refractivity contribution in [3.63, 3.8) is 0 Å². The zero-order chi connectivity index (χ0) is 14.5. The molecule has 0 amide bonds. The van der Waals surface area contributed by atoms with Crippen molar-refractivity contribution in [1.29, 1.82) is 0 Å². The molecule has 6 heteroatoms. The lowest BCUT2D eigenvalue weighted by Crippen LogP contribution is -2.09. The van der Waals surface area contributed by atoms with E-state index >= 15 is 0 Å². The summed E-state index contributed by atoms with van der Waals surface area (Å²) in [6, 6.07) is 3.93. The summed E-state index contributed by atoms with van der Waals surface area (Å²) < 4.78 is 41.4. The second kappa shape index (κ2) is 7.05. The average Bonchev–Trinajstić information content (AvgIpc) is 2.26. The van der Waals surface area contributed by atoms with Crippen LogP contribution in [-0.4, -0.2) is 24.4 Å². The lowest BCUT2D eigenvalue weighted by atomic mass is 10.0. The maximum Gasteiger partial charge on any atom is 0.441 e. The van der Waals surface area contributed by atoms with E-state index in [9.17, 15) is 13.2 Å². The fourth-order valence-electron chi connectivity index (χ4n) is 1.88. The van der Waals surface area contributed by atoms with Gasteiger partial charge in [-0.05, 0) is 55.3 Å². The maximum absolute atomic E-state index is 12.0. The molecule has 0 spiro atoms. The van der Waals surface area contributed by atoms with E-state index in [1.165, 1.54) is 0 Å². The van der Waals surface area contributed by atoms with Crippen LogP contribution in [0.2, 0.25) is 0 Å². The molecule has 0 aliphatic carbocycles. The van der Waals surface area contributed by atoms with Crippen LogP contribution in [0.3, 0.4) is 0 Å². The van der Waals surface area contributed by atoms with Crippen LogP contribution in [0.25, 0.3) is 0 Å². The first-order valence-electron chi connectivity index (χ1n) is 5.97. The van der Waals surface area contributed by atoms with E-state index in [2.05, 4.69) is 0 Å². The Kier molecular flexibility index (Phi) is 6.00. The van der Waals surface area contributed by atoms with Crippen LogP contribution in [0.4, 0.5) is 13.2 Å². The first-order valence-corrected chi connectivity index (χ1v) is 6.95. The molecule has 0 atom stereocenters. The number of ether oxygens (including phenoxy) is 1. The summed E-state index contributed by atoms with van der Waals surface area (Å²) in [5, 5.41) is 0. The van der Waals surface area contributed by atoms with Gasteiger partial charge in [0.25, 0.3) is 0 Å². The molecule has 0 saturated carbocycles. The predicted octanol–water partition coefficient (Wildman–Crippen LogP) is 3.44. The van der Waals surface area contributed by atoms with E-state index < -0.39 is 5.51 Å². The van der Waals surface area contributed by atoms with Gasteiger partial charge < -0.3 is 10.5 Å². The molecule has 0 unspecified atom stereocenters. The maximum atomic E-state index is 12.0. The summed E-state index contributed by atoms with van der Waals surface area (Å²) in [7, 11) is 0. The molecule has 0 heterocycles. The smallest absolute Gasteiger partial charge is 0.441 e. The third kappa shape index (κ3) is 5.74. The highest BCUT2D eigenvalue weighted by atomic mass is 32.2. The summed E-state index contributed by atoms with van der Waals surface area (Å²) in [5.41, 5.74) is 4.28. The number of alkyl halides is 3. The number of nitrogens with two attached hydrogens (primary N) is 1. The van der Waals surface area contributed by atoms with Crippen LogP contribution >= 0.6 is 11.8 Å². The van der Waals surface area contributed by atoms with Crippen molar-refractivity contribution in [2.75, 3.05) is 18.9 Å². The summed E-state index contributed by atoms with van der Waals surface area (Å²) in [6.07, 6.45) is 0.784. The number of hydrogen-bond acceptors (Lipinski definition) is 3. The number of benzene rings is 1. The summed E-state index contributed by atoms with van der Waals surface area (Å²) in [6.45, 7) is 4.39. The van der Waals surface area contributed by atoms with Gasteiger partial charge in [-0.1, -0.05) is 12.1 Å². The fraction of sp³-hybridized carbons (Fsp3) is 0.538. The first-order chi connectivity index (χ1) is 8.83. The van der Waals surface area contributed by atoms with Crippen molar-refractivity contribution in [3.8, 4) is 5.75 Å². The molecule has 0 aliphatic rings. The zero-order valence-corrected chi connectivity index (χ0v) is 11.8. The molecular weight excluding hydrogens is 275 g/mol. The van der Waals surface area contributed by atoms with Crippen LogP contribution in [0.1, 0.15) is 16.7 Å². The number of hydrogen-bond donors (Lipinski definition) is 1. The third-order valence-electron chi connectivity index (χ3n) is 2.55. The highest BCUT2D eigenvalue weighted by Crippen LogP contribution is 2.30. The molecule has 2 N–H and O–H groups in total. The van der Waals surface area contributed by atoms with E-state index in [0.717, 1.165) is 23.1 Å². The minimum Gasteiger partial charge on any atom is -0.492 e. The van der Waals surface area contributed by atoms with Crippen molar-refractivity contribution in [2.24, 2.45) is 5.73 Å². The van der Waals surface area contributed by atoms with E-state index in [4.69, 9.17) is 10.5 Å². The molecule has 2 nitrogen and oxygen atoms in total. The molecule has 1 rings (SSSR count). The topological polar surface area (TPSA) is 35.2 Å². The van der Waals surface area contributed by atoms with Crippen molar-refractivity contribution in [1.82, 2.24) is 0 Å². The first kappa shape index (κ1) is 16.2. The lowest BCUT2D eigenvalue weighted by molar-refractivity contribution is -0.0329. The Morgan fingerprint density at radius 1 is 1.21 bits per heavy atom. The minimum atomic E-state index is -4.20. The van der Waals surface area contributed by atoms with E-state index in [1.54, 1.807) is 0 Å². The highest BCUT2D eigenvalue weighted by Gasteiger charge is 2.27. The van der Waals surface area contributed by atoms with Gasteiger partial charge >= 0.3 is 5.51 Å². The molecule has 19 heavy (non-hydrogen) atoms. The zero-order valence-electron chi connectivity index (χ0n) is 11.0. The molecule has 0 bridgehead atoms. The van der Waals surface area contributed by atoms with Gasteiger partial charge in [0.05, 0.1) is 6.61 Å². The SMILES string of the molecule is Cc1cc(CCN)cc(C)c1OCCSC(F)(F)F. The summed E-state index contributed by atoms with van der Waals surface area (Å²) >= 11 is -0.0657. The molecule has 0 radical (unpaired) electrons. The molecular formula is C13H18F3NOS. The van der Waals surface area contributed by atoms with Crippen LogP contribution in [0, 0.1) is 13.8 Å². The quantitative estimate of drug-likeness (QED) is 0.816. The Morgan fingerprint density at radius 2 is 1.79 bits per heavy atom. The Morgan fingerprint density at radius 3 is 2.26 bits per heavy atom. The fourth-order valence-corrected chi connectivity index (χ4v) is 2.28. The van der Waals surface area contributed by atoms with Crippen LogP contribution in [-0.2, 0) is 6.42 Å². The monoisotopic (exact) mass is 293 g/mol. The van der Waals surface area contributed by atoms with E-state index in [1.807, 2.05) is 26.0 Å².